The predicted octanol–water partition coefficient (Wildman–Crippen LogP) is 3.46. The van der Waals surface area contributed by atoms with Gasteiger partial charge in [0, 0.05) is 18.2 Å². The van der Waals surface area contributed by atoms with Crippen molar-refractivity contribution in [3.05, 3.63) is 59.7 Å². The molecule has 0 aliphatic carbocycles. The van der Waals surface area contributed by atoms with E-state index in [9.17, 15) is 18.4 Å². The highest BCUT2D eigenvalue weighted by Crippen LogP contribution is 2.23. The van der Waals surface area contributed by atoms with Crippen LogP contribution in [0.3, 0.4) is 0 Å². The van der Waals surface area contributed by atoms with E-state index in [1.807, 2.05) is 6.92 Å². The highest BCUT2D eigenvalue weighted by Gasteiger charge is 2.20. The van der Waals surface area contributed by atoms with Crippen LogP contribution in [0.25, 0.3) is 0 Å². The van der Waals surface area contributed by atoms with Crippen molar-refractivity contribution >= 4 is 17.5 Å². The molecule has 0 unspecified atom stereocenters. The lowest BCUT2D eigenvalue weighted by molar-refractivity contribution is -0.116. The molecule has 0 saturated carbocycles. The second-order valence-electron chi connectivity index (χ2n) is 5.63. The molecule has 0 saturated heterocycles. The van der Waals surface area contributed by atoms with Crippen molar-refractivity contribution < 1.29 is 23.1 Å². The quantitative estimate of drug-likeness (QED) is 0.821. The SMILES string of the molecule is CCCN(CC(=O)Nc1ccccc1OC)C(=O)c1cc(F)cc(F)c1. The number of anilines is 1. The Morgan fingerprint density at radius 2 is 1.77 bits per heavy atom. The van der Waals surface area contributed by atoms with Crippen molar-refractivity contribution in [2.24, 2.45) is 0 Å². The van der Waals surface area contributed by atoms with E-state index in [-0.39, 0.29) is 18.7 Å². The summed E-state index contributed by atoms with van der Waals surface area (Å²) in [6, 6.07) is 9.46. The van der Waals surface area contributed by atoms with Gasteiger partial charge in [0.15, 0.2) is 0 Å². The maximum atomic E-state index is 13.4. The van der Waals surface area contributed by atoms with Crippen LogP contribution in [0.4, 0.5) is 14.5 Å². The first kappa shape index (κ1) is 19.4. The number of nitrogens with zero attached hydrogens (tertiary/aromatic N) is 1. The molecule has 138 valence electrons. The van der Waals surface area contributed by atoms with Crippen molar-refractivity contribution in [3.8, 4) is 5.75 Å². The van der Waals surface area contributed by atoms with Gasteiger partial charge in [-0.3, -0.25) is 9.59 Å². The van der Waals surface area contributed by atoms with Gasteiger partial charge in [-0.1, -0.05) is 19.1 Å². The summed E-state index contributed by atoms with van der Waals surface area (Å²) in [5, 5.41) is 2.67. The average molecular weight is 362 g/mol. The molecule has 2 aromatic rings. The lowest BCUT2D eigenvalue weighted by Crippen LogP contribution is -2.38. The number of benzene rings is 2. The van der Waals surface area contributed by atoms with Crippen LogP contribution in [-0.2, 0) is 4.79 Å². The minimum Gasteiger partial charge on any atom is -0.495 e. The maximum absolute atomic E-state index is 13.4. The second-order valence-corrected chi connectivity index (χ2v) is 5.63. The van der Waals surface area contributed by atoms with Crippen LogP contribution in [0.15, 0.2) is 42.5 Å². The van der Waals surface area contributed by atoms with E-state index in [2.05, 4.69) is 5.32 Å². The van der Waals surface area contributed by atoms with Crippen molar-refractivity contribution in [1.82, 2.24) is 4.90 Å². The summed E-state index contributed by atoms with van der Waals surface area (Å²) >= 11 is 0. The molecule has 0 radical (unpaired) electrons. The van der Waals surface area contributed by atoms with E-state index in [1.165, 1.54) is 12.0 Å². The Morgan fingerprint density at radius 3 is 2.38 bits per heavy atom. The zero-order chi connectivity index (χ0) is 19.1. The van der Waals surface area contributed by atoms with Gasteiger partial charge in [0.05, 0.1) is 12.8 Å². The number of halogens is 2. The van der Waals surface area contributed by atoms with Crippen molar-refractivity contribution in [2.75, 3.05) is 25.5 Å². The molecule has 7 heteroatoms. The third-order valence-electron chi connectivity index (χ3n) is 3.61. The fourth-order valence-corrected chi connectivity index (χ4v) is 2.49. The summed E-state index contributed by atoms with van der Waals surface area (Å²) in [7, 11) is 1.48. The van der Waals surface area contributed by atoms with Crippen molar-refractivity contribution in [1.29, 1.82) is 0 Å². The summed E-state index contributed by atoms with van der Waals surface area (Å²) in [6.07, 6.45) is 0.589. The fourth-order valence-electron chi connectivity index (χ4n) is 2.49. The smallest absolute Gasteiger partial charge is 0.254 e. The topological polar surface area (TPSA) is 58.6 Å². The van der Waals surface area contributed by atoms with E-state index < -0.39 is 23.4 Å². The normalized spacial score (nSPS) is 10.3. The first-order chi connectivity index (χ1) is 12.4. The van der Waals surface area contributed by atoms with Crippen molar-refractivity contribution in [2.45, 2.75) is 13.3 Å². The first-order valence-corrected chi connectivity index (χ1v) is 8.12. The van der Waals surface area contributed by atoms with Crippen LogP contribution >= 0.6 is 0 Å². The van der Waals surface area contributed by atoms with Crippen LogP contribution in [0.1, 0.15) is 23.7 Å². The van der Waals surface area contributed by atoms with Gasteiger partial charge in [-0.2, -0.15) is 0 Å². The highest BCUT2D eigenvalue weighted by atomic mass is 19.1. The molecule has 5 nitrogen and oxygen atoms in total. The summed E-state index contributed by atoms with van der Waals surface area (Å²) in [4.78, 5) is 26.1. The Hall–Kier alpha value is -2.96. The van der Waals surface area contributed by atoms with Gasteiger partial charge >= 0.3 is 0 Å². The first-order valence-electron chi connectivity index (χ1n) is 8.12. The minimum absolute atomic E-state index is 0.138. The molecule has 0 aromatic heterocycles. The zero-order valence-electron chi connectivity index (χ0n) is 14.6. The van der Waals surface area contributed by atoms with Crippen LogP contribution in [0.2, 0.25) is 0 Å². The van der Waals surface area contributed by atoms with Gasteiger partial charge < -0.3 is 15.0 Å². The molecule has 0 fully saturated rings. The monoisotopic (exact) mass is 362 g/mol. The molecule has 0 heterocycles. The largest absolute Gasteiger partial charge is 0.495 e. The Morgan fingerprint density at radius 1 is 1.12 bits per heavy atom. The Labute approximate surface area is 150 Å². The number of hydrogen-bond donors (Lipinski definition) is 1. The molecule has 1 N–H and O–H groups in total. The second kappa shape index (κ2) is 8.94. The summed E-state index contributed by atoms with van der Waals surface area (Å²) < 4.78 is 31.9. The van der Waals surface area contributed by atoms with Crippen LogP contribution < -0.4 is 10.1 Å². The lowest BCUT2D eigenvalue weighted by atomic mass is 10.1. The number of methoxy groups -OCH3 is 1. The molecule has 2 amide bonds. The van der Waals surface area contributed by atoms with E-state index in [4.69, 9.17) is 4.74 Å². The number of amides is 2. The number of nitrogens with one attached hydrogen (secondary N) is 1. The Bertz CT molecular complexity index is 776. The van der Waals surface area contributed by atoms with E-state index >= 15 is 0 Å². The third-order valence-corrected chi connectivity index (χ3v) is 3.61. The predicted molar refractivity (Wildman–Crippen MR) is 94.2 cm³/mol. The van der Waals surface area contributed by atoms with Crippen LogP contribution in [0, 0.1) is 11.6 Å². The minimum atomic E-state index is -0.844. The molecule has 26 heavy (non-hydrogen) atoms. The zero-order valence-corrected chi connectivity index (χ0v) is 14.6. The number of para-hydroxylation sites is 2. The number of carbonyl (C=O) groups is 2. The van der Waals surface area contributed by atoms with Gasteiger partial charge in [-0.05, 0) is 30.7 Å². The van der Waals surface area contributed by atoms with Gasteiger partial charge in [-0.25, -0.2) is 8.78 Å². The summed E-state index contributed by atoms with van der Waals surface area (Å²) in [5.74, 6) is -2.25. The molecule has 0 spiro atoms. The highest BCUT2D eigenvalue weighted by molar-refractivity contribution is 5.99. The van der Waals surface area contributed by atoms with Gasteiger partial charge in [-0.15, -0.1) is 0 Å². The fraction of sp³-hybridized carbons (Fsp3) is 0.263. The van der Waals surface area contributed by atoms with Gasteiger partial charge in [0.25, 0.3) is 5.91 Å². The van der Waals surface area contributed by atoms with Crippen LogP contribution in [0.5, 0.6) is 5.75 Å². The Kier molecular flexibility index (Phi) is 6.66. The number of ether oxygens (including phenoxy) is 1. The number of rotatable bonds is 7. The molecule has 2 aromatic carbocycles. The molecular formula is C19H20F2N2O3. The standard InChI is InChI=1S/C19H20F2N2O3/c1-3-8-23(19(25)13-9-14(20)11-15(21)10-13)12-18(24)22-16-6-4-5-7-17(16)26-2/h4-7,9-11H,3,8,12H2,1-2H3,(H,22,24). The number of carbonyl (C=O) groups excluding carboxylic acids is 2. The van der Waals surface area contributed by atoms with E-state index in [0.29, 0.717) is 23.9 Å². The van der Waals surface area contributed by atoms with E-state index in [1.54, 1.807) is 24.3 Å². The maximum Gasteiger partial charge on any atom is 0.254 e. The molecule has 0 aliphatic heterocycles. The lowest BCUT2D eigenvalue weighted by Gasteiger charge is -2.22. The van der Waals surface area contributed by atoms with E-state index in [0.717, 1.165) is 12.1 Å². The Balaban J connectivity index is 2.14. The molecule has 0 aliphatic rings. The molecule has 0 atom stereocenters. The van der Waals surface area contributed by atoms with Gasteiger partial charge in [0.1, 0.15) is 23.9 Å². The average Bonchev–Trinajstić information content (AvgIpc) is 2.60. The summed E-state index contributed by atoms with van der Waals surface area (Å²) in [6.45, 7) is 1.86. The third kappa shape index (κ3) is 5.02. The molecule has 0 bridgehead atoms. The van der Waals surface area contributed by atoms with Gasteiger partial charge in [0.2, 0.25) is 5.91 Å². The van der Waals surface area contributed by atoms with Crippen molar-refractivity contribution in [3.63, 3.8) is 0 Å². The van der Waals surface area contributed by atoms with Crippen LogP contribution in [-0.4, -0.2) is 36.9 Å². The molecule has 2 rings (SSSR count). The molecular weight excluding hydrogens is 342 g/mol. The number of hydrogen-bond acceptors (Lipinski definition) is 3. The summed E-state index contributed by atoms with van der Waals surface area (Å²) in [5.41, 5.74) is 0.335.